The Balaban J connectivity index is 2.00. The zero-order chi connectivity index (χ0) is 14.5. The number of anilines is 1. The van der Waals surface area contributed by atoms with Gasteiger partial charge in [-0.3, -0.25) is 0 Å². The van der Waals surface area contributed by atoms with E-state index < -0.39 is 20.1 Å². The Morgan fingerprint density at radius 1 is 1.65 bits per heavy atom. The van der Waals surface area contributed by atoms with Crippen LogP contribution in [0, 0.1) is 5.92 Å². The largest absolute Gasteiger partial charge is 0.750 e. The summed E-state index contributed by atoms with van der Waals surface area (Å²) in [6.45, 7) is 1.08. The molecular weight excluding hydrogens is 301 g/mol. The zero-order valence-corrected chi connectivity index (χ0v) is 12.5. The van der Waals surface area contributed by atoms with Gasteiger partial charge in [-0.25, -0.2) is 14.8 Å². The number of carbonyl (C=O) groups excluding carboxylic acids is 1. The van der Waals surface area contributed by atoms with E-state index in [0.717, 1.165) is 5.82 Å². The summed E-state index contributed by atoms with van der Waals surface area (Å²) < 4.78 is 14.8. The first-order valence-corrected chi connectivity index (χ1v) is 7.92. The summed E-state index contributed by atoms with van der Waals surface area (Å²) >= 11 is 4.14. The average Bonchev–Trinajstić information content (AvgIpc) is 2.88. The highest BCUT2D eigenvalue weighted by Gasteiger charge is 2.35. The Kier molecular flexibility index (Phi) is 5.28. The minimum atomic E-state index is -2.89. The maximum atomic E-state index is 11.6. The lowest BCUT2D eigenvalue weighted by molar-refractivity contribution is -0.138. The number of carbonyl (C=O) groups is 1. The molecule has 9 heteroatoms. The van der Waals surface area contributed by atoms with Crippen LogP contribution in [-0.4, -0.2) is 39.7 Å². The summed E-state index contributed by atoms with van der Waals surface area (Å²) in [5.41, 5.74) is 0. The summed E-state index contributed by atoms with van der Waals surface area (Å²) in [6, 6.07) is 1.78. The van der Waals surface area contributed by atoms with Crippen LogP contribution in [0.5, 0.6) is 0 Å². The number of hydrogen-bond acceptors (Lipinski definition) is 7. The molecule has 0 spiro atoms. The smallest absolute Gasteiger partial charge is 0.356 e. The minimum absolute atomic E-state index is 0.399. The summed E-state index contributed by atoms with van der Waals surface area (Å²) in [4.78, 5) is 30.6. The van der Waals surface area contributed by atoms with Crippen LogP contribution in [0.15, 0.2) is 12.3 Å². The van der Waals surface area contributed by atoms with Gasteiger partial charge in [0, 0.05) is 30.3 Å². The molecule has 1 aromatic heterocycles. The van der Waals surface area contributed by atoms with Gasteiger partial charge in [-0.1, -0.05) is 0 Å². The zero-order valence-electron chi connectivity index (χ0n) is 10.7. The molecule has 1 N–H and O–H groups in total. The number of rotatable bonds is 5. The van der Waals surface area contributed by atoms with Crippen molar-refractivity contribution in [2.75, 3.05) is 23.7 Å². The fraction of sp³-hybridized carbons (Fsp3) is 0.545. The predicted octanol–water partition coefficient (Wildman–Crippen LogP) is 0.968. The Morgan fingerprint density at radius 3 is 3.15 bits per heavy atom. The number of nitrogens with zero attached hydrogens (tertiary/aromatic N) is 3. The third-order valence-corrected chi connectivity index (χ3v) is 3.60. The molecule has 0 saturated carbocycles. The van der Waals surface area contributed by atoms with Crippen LogP contribution in [0.4, 0.5) is 5.82 Å². The van der Waals surface area contributed by atoms with Gasteiger partial charge in [-0.05, 0) is 18.2 Å². The highest BCUT2D eigenvalue weighted by molar-refractivity contribution is 7.80. The molecule has 1 aromatic rings. The Hall–Kier alpha value is -1.24. The molecule has 0 aliphatic carbocycles. The normalized spacial score (nSPS) is 19.0. The monoisotopic (exact) mass is 316 g/mol. The second-order valence-corrected chi connectivity index (χ2v) is 5.49. The van der Waals surface area contributed by atoms with Crippen LogP contribution in [0.25, 0.3) is 0 Å². The van der Waals surface area contributed by atoms with E-state index in [0.29, 0.717) is 37.5 Å². The maximum absolute atomic E-state index is 11.6. The van der Waals surface area contributed by atoms with Gasteiger partial charge in [0.1, 0.15) is 11.6 Å². The third-order valence-electron chi connectivity index (χ3n) is 3.04. The summed E-state index contributed by atoms with van der Waals surface area (Å²) in [6.07, 6.45) is 2.94. The van der Waals surface area contributed by atoms with E-state index in [1.54, 1.807) is 12.3 Å². The van der Waals surface area contributed by atoms with Crippen LogP contribution in [-0.2, 0) is 20.3 Å². The third kappa shape index (κ3) is 3.88. The molecular formula is C11H15N3O4PS+. The van der Waals surface area contributed by atoms with E-state index in [2.05, 4.69) is 27.1 Å². The van der Waals surface area contributed by atoms with Crippen molar-refractivity contribution >= 4 is 32.7 Å². The van der Waals surface area contributed by atoms with Crippen molar-refractivity contribution in [3.8, 4) is 0 Å². The van der Waals surface area contributed by atoms with Crippen molar-refractivity contribution in [3.63, 3.8) is 0 Å². The first kappa shape index (κ1) is 15.2. The van der Waals surface area contributed by atoms with Gasteiger partial charge in [0.2, 0.25) is 0 Å². The van der Waals surface area contributed by atoms with Crippen molar-refractivity contribution in [3.05, 3.63) is 18.1 Å². The van der Waals surface area contributed by atoms with E-state index in [-0.39, 0.29) is 0 Å². The van der Waals surface area contributed by atoms with Gasteiger partial charge in [-0.15, -0.1) is 4.89 Å². The Bertz CT molecular complexity index is 516. The topological polar surface area (TPSA) is 92.6 Å². The molecule has 2 rings (SSSR count). The fourth-order valence-corrected chi connectivity index (χ4v) is 2.60. The summed E-state index contributed by atoms with van der Waals surface area (Å²) in [5.74, 6) is 1.09. The Labute approximate surface area is 122 Å². The second kappa shape index (κ2) is 6.97. The summed E-state index contributed by atoms with van der Waals surface area (Å²) in [5, 5.41) is 0. The number of aryl methyl sites for hydroxylation is 1. The fourth-order valence-electron chi connectivity index (χ4n) is 2.10. The highest BCUT2D eigenvalue weighted by Crippen LogP contribution is 2.26. The number of thiol groups is 1. The lowest BCUT2D eigenvalue weighted by atomic mass is 10.1. The molecule has 0 radical (unpaired) electrons. The van der Waals surface area contributed by atoms with E-state index in [9.17, 15) is 9.36 Å². The quantitative estimate of drug-likeness (QED) is 0.617. The van der Waals surface area contributed by atoms with Gasteiger partial charge in [0.25, 0.3) is 0 Å². The molecule has 0 bridgehead atoms. The molecule has 0 aromatic carbocycles. The van der Waals surface area contributed by atoms with Crippen molar-refractivity contribution in [1.82, 2.24) is 9.97 Å². The van der Waals surface area contributed by atoms with Crippen LogP contribution in [0.1, 0.15) is 12.2 Å². The lowest BCUT2D eigenvalue weighted by Crippen LogP contribution is -2.24. The van der Waals surface area contributed by atoms with Crippen LogP contribution in [0.3, 0.4) is 0 Å². The molecule has 1 aliphatic heterocycles. The van der Waals surface area contributed by atoms with Crippen molar-refractivity contribution < 1.29 is 18.8 Å². The molecule has 2 atom stereocenters. The van der Waals surface area contributed by atoms with Gasteiger partial charge in [0.15, 0.2) is 0 Å². The summed E-state index contributed by atoms with van der Waals surface area (Å²) in [7, 11) is -2.89. The molecule has 1 aliphatic rings. The van der Waals surface area contributed by atoms with Gasteiger partial charge >= 0.3 is 14.2 Å². The first-order valence-electron chi connectivity index (χ1n) is 6.16. The predicted molar refractivity (Wildman–Crippen MR) is 75.8 cm³/mol. The Morgan fingerprint density at radius 2 is 2.45 bits per heavy atom. The molecule has 1 saturated heterocycles. The van der Waals surface area contributed by atoms with E-state index >= 15 is 0 Å². The van der Waals surface area contributed by atoms with E-state index in [1.807, 2.05) is 4.90 Å². The van der Waals surface area contributed by atoms with Crippen LogP contribution in [0.2, 0.25) is 0 Å². The molecule has 2 heterocycles. The van der Waals surface area contributed by atoms with E-state index in [1.165, 1.54) is 0 Å². The van der Waals surface area contributed by atoms with E-state index in [4.69, 9.17) is 4.89 Å². The van der Waals surface area contributed by atoms with Crippen LogP contribution < -0.4 is 4.90 Å². The molecule has 20 heavy (non-hydrogen) atoms. The standard InChI is InChI=1S/C11H14N3O4PS/c15-11(18-19(16)17)8-2-5-14(7-8)10-1-4-12-9(13-10)3-6-20/h1,4,8H,2-3,5-7H2,(H-,16,17,20)/p+1. The SMILES string of the molecule is O=C(O[P+](=O)O)C1CCN(c2ccnc(CCS)n2)C1. The molecule has 108 valence electrons. The lowest BCUT2D eigenvalue weighted by Gasteiger charge is -2.16. The number of hydrogen-bond donors (Lipinski definition) is 2. The minimum Gasteiger partial charge on any atom is -0.356 e. The second-order valence-electron chi connectivity index (χ2n) is 4.38. The number of aromatic nitrogens is 2. The average molecular weight is 316 g/mol. The van der Waals surface area contributed by atoms with Gasteiger partial charge in [0.05, 0.1) is 5.92 Å². The molecule has 1 fully saturated rings. The van der Waals surface area contributed by atoms with Crippen molar-refractivity contribution in [2.45, 2.75) is 12.8 Å². The van der Waals surface area contributed by atoms with Crippen molar-refractivity contribution in [2.24, 2.45) is 5.92 Å². The molecule has 0 amide bonds. The van der Waals surface area contributed by atoms with Gasteiger partial charge < -0.3 is 4.90 Å². The molecule has 2 unspecified atom stereocenters. The molecule has 7 nitrogen and oxygen atoms in total. The van der Waals surface area contributed by atoms with Gasteiger partial charge in [-0.2, -0.15) is 17.2 Å². The maximum Gasteiger partial charge on any atom is 0.750 e. The van der Waals surface area contributed by atoms with Crippen LogP contribution >= 0.6 is 20.9 Å². The van der Waals surface area contributed by atoms with Crippen molar-refractivity contribution in [1.29, 1.82) is 0 Å². The highest BCUT2D eigenvalue weighted by atomic mass is 32.1. The first-order chi connectivity index (χ1) is 9.60.